The Hall–Kier alpha value is -4.71. The van der Waals surface area contributed by atoms with Crippen molar-refractivity contribution in [2.75, 3.05) is 4.90 Å². The Bertz CT molecular complexity index is 1530. The van der Waals surface area contributed by atoms with Gasteiger partial charge in [0.2, 0.25) is 0 Å². The molecule has 1 N–H and O–H groups in total. The maximum atomic E-state index is 13.3. The SMILES string of the molecule is Cc1cccc(N2C(=O)NC(=O)/C(=C/c3cc(C)n(-c4ccc(-c5ccccc5)cc4)c3C)C2=O)c1. The Morgan fingerprint density at radius 1 is 0.722 bits per heavy atom. The van der Waals surface area contributed by atoms with Gasteiger partial charge < -0.3 is 4.57 Å². The molecule has 4 aromatic rings. The van der Waals surface area contributed by atoms with E-state index >= 15 is 0 Å². The van der Waals surface area contributed by atoms with Crippen LogP contribution in [-0.4, -0.2) is 22.4 Å². The maximum Gasteiger partial charge on any atom is 0.335 e. The van der Waals surface area contributed by atoms with E-state index in [1.165, 1.54) is 0 Å². The van der Waals surface area contributed by atoms with Gasteiger partial charge in [-0.1, -0.05) is 54.6 Å². The summed E-state index contributed by atoms with van der Waals surface area (Å²) in [5.74, 6) is -1.35. The van der Waals surface area contributed by atoms with Crippen LogP contribution in [-0.2, 0) is 9.59 Å². The number of nitrogens with zero attached hydrogens (tertiary/aromatic N) is 2. The Morgan fingerprint density at radius 3 is 2.11 bits per heavy atom. The minimum absolute atomic E-state index is 0.0872. The molecule has 4 amide bonds. The molecule has 6 heteroatoms. The number of anilines is 1. The van der Waals surface area contributed by atoms with Gasteiger partial charge in [-0.3, -0.25) is 14.9 Å². The lowest BCUT2D eigenvalue weighted by molar-refractivity contribution is -0.122. The van der Waals surface area contributed by atoms with Crippen LogP contribution in [0.4, 0.5) is 10.5 Å². The van der Waals surface area contributed by atoms with E-state index in [4.69, 9.17) is 0 Å². The van der Waals surface area contributed by atoms with Gasteiger partial charge >= 0.3 is 6.03 Å². The molecular weight excluding hydrogens is 450 g/mol. The van der Waals surface area contributed by atoms with Gasteiger partial charge in [-0.25, -0.2) is 9.69 Å². The average Bonchev–Trinajstić information content (AvgIpc) is 3.15. The molecule has 1 aliphatic rings. The van der Waals surface area contributed by atoms with E-state index in [0.717, 1.165) is 44.2 Å². The Labute approximate surface area is 209 Å². The summed E-state index contributed by atoms with van der Waals surface area (Å²) in [6, 6.07) is 26.6. The molecule has 5 rings (SSSR count). The zero-order valence-corrected chi connectivity index (χ0v) is 20.3. The van der Waals surface area contributed by atoms with E-state index < -0.39 is 17.8 Å². The van der Waals surface area contributed by atoms with Gasteiger partial charge in [0, 0.05) is 17.1 Å². The van der Waals surface area contributed by atoms with Crippen LogP contribution < -0.4 is 10.2 Å². The Balaban J connectivity index is 1.50. The predicted octanol–water partition coefficient (Wildman–Crippen LogP) is 5.74. The molecule has 0 unspecified atom stereocenters. The van der Waals surface area contributed by atoms with E-state index in [0.29, 0.717) is 5.69 Å². The zero-order chi connectivity index (χ0) is 25.4. The maximum absolute atomic E-state index is 13.3. The first-order valence-electron chi connectivity index (χ1n) is 11.7. The minimum Gasteiger partial charge on any atom is -0.318 e. The Kier molecular flexibility index (Phi) is 5.86. The molecule has 0 saturated carbocycles. The number of aryl methyl sites for hydroxylation is 2. The van der Waals surface area contributed by atoms with Crippen molar-refractivity contribution < 1.29 is 14.4 Å². The third-order valence-electron chi connectivity index (χ3n) is 6.36. The first kappa shape index (κ1) is 23.1. The van der Waals surface area contributed by atoms with Gasteiger partial charge in [0.15, 0.2) is 0 Å². The number of imide groups is 2. The van der Waals surface area contributed by atoms with Crippen molar-refractivity contribution in [2.45, 2.75) is 20.8 Å². The fraction of sp³-hybridized carbons (Fsp3) is 0.100. The second kappa shape index (κ2) is 9.15. The second-order valence-electron chi connectivity index (χ2n) is 8.87. The van der Waals surface area contributed by atoms with Crippen LogP contribution in [0.1, 0.15) is 22.5 Å². The minimum atomic E-state index is -0.753. The van der Waals surface area contributed by atoms with E-state index in [-0.39, 0.29) is 5.57 Å². The number of amides is 4. The first-order chi connectivity index (χ1) is 17.3. The lowest BCUT2D eigenvalue weighted by atomic mass is 10.1. The van der Waals surface area contributed by atoms with E-state index in [1.807, 2.05) is 51.1 Å². The number of hydrogen-bond donors (Lipinski definition) is 1. The van der Waals surface area contributed by atoms with Crippen LogP contribution in [0.5, 0.6) is 0 Å². The fourth-order valence-electron chi connectivity index (χ4n) is 4.58. The highest BCUT2D eigenvalue weighted by atomic mass is 16.2. The number of carbonyl (C=O) groups excluding carboxylic acids is 3. The summed E-state index contributed by atoms with van der Waals surface area (Å²) in [6.45, 7) is 5.80. The van der Waals surface area contributed by atoms with E-state index in [1.54, 1.807) is 24.3 Å². The molecule has 0 aliphatic carbocycles. The number of nitrogens with one attached hydrogen (secondary N) is 1. The molecule has 1 aliphatic heterocycles. The van der Waals surface area contributed by atoms with Crippen LogP contribution in [0.25, 0.3) is 22.9 Å². The van der Waals surface area contributed by atoms with Crippen molar-refractivity contribution in [3.8, 4) is 16.8 Å². The van der Waals surface area contributed by atoms with Crippen molar-refractivity contribution in [1.29, 1.82) is 0 Å². The van der Waals surface area contributed by atoms with Crippen molar-refractivity contribution in [2.24, 2.45) is 0 Å². The smallest absolute Gasteiger partial charge is 0.318 e. The third kappa shape index (κ3) is 4.14. The molecule has 0 bridgehead atoms. The van der Waals surface area contributed by atoms with Crippen molar-refractivity contribution in [1.82, 2.24) is 9.88 Å². The standard InChI is InChI=1S/C30H25N3O3/c1-19-8-7-11-26(16-19)33-29(35)27(28(34)31-30(33)36)18-24-17-20(2)32(21(24)3)25-14-12-23(13-15-25)22-9-5-4-6-10-22/h4-18H,1-3H3,(H,31,34,36)/b27-18-. The quantitative estimate of drug-likeness (QED) is 0.302. The third-order valence-corrected chi connectivity index (χ3v) is 6.36. The van der Waals surface area contributed by atoms with Crippen molar-refractivity contribution in [3.63, 3.8) is 0 Å². The average molecular weight is 476 g/mol. The first-order valence-corrected chi connectivity index (χ1v) is 11.7. The van der Waals surface area contributed by atoms with E-state index in [2.05, 4.69) is 46.3 Å². The van der Waals surface area contributed by atoms with Gasteiger partial charge in [0.25, 0.3) is 11.8 Å². The van der Waals surface area contributed by atoms with Gasteiger partial charge in [-0.05, 0) is 79.4 Å². The lowest BCUT2D eigenvalue weighted by Crippen LogP contribution is -2.54. The monoisotopic (exact) mass is 475 g/mol. The molecule has 6 nitrogen and oxygen atoms in total. The van der Waals surface area contributed by atoms with Gasteiger partial charge in [0.1, 0.15) is 5.57 Å². The summed E-state index contributed by atoms with van der Waals surface area (Å²) < 4.78 is 2.08. The lowest BCUT2D eigenvalue weighted by Gasteiger charge is -2.26. The highest BCUT2D eigenvalue weighted by Gasteiger charge is 2.37. The van der Waals surface area contributed by atoms with Crippen molar-refractivity contribution in [3.05, 3.63) is 113 Å². The molecule has 0 spiro atoms. The molecule has 36 heavy (non-hydrogen) atoms. The predicted molar refractivity (Wildman–Crippen MR) is 141 cm³/mol. The molecular formula is C30H25N3O3. The summed E-state index contributed by atoms with van der Waals surface area (Å²) in [5, 5.41) is 2.29. The largest absolute Gasteiger partial charge is 0.335 e. The summed E-state index contributed by atoms with van der Waals surface area (Å²) in [7, 11) is 0. The molecule has 1 saturated heterocycles. The summed E-state index contributed by atoms with van der Waals surface area (Å²) in [6.07, 6.45) is 1.56. The van der Waals surface area contributed by atoms with Gasteiger partial charge in [0.05, 0.1) is 5.69 Å². The van der Waals surface area contributed by atoms with Gasteiger partial charge in [-0.15, -0.1) is 0 Å². The van der Waals surface area contributed by atoms with Crippen molar-refractivity contribution >= 4 is 29.6 Å². The number of urea groups is 1. The number of aromatic nitrogens is 1. The Morgan fingerprint density at radius 2 is 1.42 bits per heavy atom. The molecule has 3 aromatic carbocycles. The van der Waals surface area contributed by atoms with Crippen LogP contribution in [0.3, 0.4) is 0 Å². The number of carbonyl (C=O) groups is 3. The second-order valence-corrected chi connectivity index (χ2v) is 8.87. The number of rotatable bonds is 4. The zero-order valence-electron chi connectivity index (χ0n) is 20.3. The van der Waals surface area contributed by atoms with Gasteiger partial charge in [-0.2, -0.15) is 0 Å². The summed E-state index contributed by atoms with van der Waals surface area (Å²) >= 11 is 0. The van der Waals surface area contributed by atoms with Crippen LogP contribution in [0.2, 0.25) is 0 Å². The number of benzene rings is 3. The van der Waals surface area contributed by atoms with Crippen LogP contribution in [0, 0.1) is 20.8 Å². The molecule has 2 heterocycles. The molecule has 178 valence electrons. The topological polar surface area (TPSA) is 71.4 Å². The van der Waals surface area contributed by atoms with Crippen LogP contribution in [0.15, 0.2) is 90.5 Å². The number of barbiturate groups is 1. The fourth-order valence-corrected chi connectivity index (χ4v) is 4.58. The molecule has 1 aromatic heterocycles. The van der Waals surface area contributed by atoms with E-state index in [9.17, 15) is 14.4 Å². The van der Waals surface area contributed by atoms with Crippen LogP contribution >= 0.6 is 0 Å². The molecule has 0 atom stereocenters. The molecule has 0 radical (unpaired) electrons. The number of hydrogen-bond acceptors (Lipinski definition) is 3. The summed E-state index contributed by atoms with van der Waals surface area (Å²) in [4.78, 5) is 39.4. The normalized spacial score (nSPS) is 14.9. The highest BCUT2D eigenvalue weighted by Crippen LogP contribution is 2.28. The molecule has 1 fully saturated rings. The highest BCUT2D eigenvalue weighted by molar-refractivity contribution is 6.39. The summed E-state index contributed by atoms with van der Waals surface area (Å²) in [5.41, 5.74) is 7.05.